The molecule has 7 nitrogen and oxygen atoms in total. The molecule has 184 valence electrons. The quantitative estimate of drug-likeness (QED) is 0.523. The summed E-state index contributed by atoms with van der Waals surface area (Å²) < 4.78 is 32.2. The molecule has 3 rings (SSSR count). The van der Waals surface area contributed by atoms with Crippen molar-refractivity contribution in [3.63, 3.8) is 0 Å². The van der Waals surface area contributed by atoms with E-state index in [1.807, 2.05) is 26.0 Å². The van der Waals surface area contributed by atoms with Crippen LogP contribution in [0.4, 0.5) is 0 Å². The van der Waals surface area contributed by atoms with Crippen LogP contribution in [-0.4, -0.2) is 62.4 Å². The highest BCUT2D eigenvalue weighted by molar-refractivity contribution is 7.89. The molecule has 0 saturated carbocycles. The molecule has 1 amide bonds. The maximum Gasteiger partial charge on any atom is 0.244 e. The number of hydrogen-bond acceptors (Lipinski definition) is 5. The van der Waals surface area contributed by atoms with Crippen molar-refractivity contribution < 1.29 is 17.9 Å². The van der Waals surface area contributed by atoms with Crippen LogP contribution in [0.15, 0.2) is 59.5 Å². The van der Waals surface area contributed by atoms with E-state index in [-0.39, 0.29) is 16.9 Å². The Balaban J connectivity index is 1.52. The van der Waals surface area contributed by atoms with E-state index < -0.39 is 10.0 Å². The number of ether oxygens (including phenoxy) is 1. The van der Waals surface area contributed by atoms with E-state index in [9.17, 15) is 13.2 Å². The van der Waals surface area contributed by atoms with E-state index in [0.717, 1.165) is 37.4 Å². The van der Waals surface area contributed by atoms with E-state index in [1.54, 1.807) is 30.3 Å². The van der Waals surface area contributed by atoms with Gasteiger partial charge in [-0.25, -0.2) is 8.42 Å². The zero-order valence-corrected chi connectivity index (χ0v) is 21.1. The highest BCUT2D eigenvalue weighted by Gasteiger charge is 2.21. The van der Waals surface area contributed by atoms with Crippen molar-refractivity contribution in [3.8, 4) is 0 Å². The molecule has 34 heavy (non-hydrogen) atoms. The van der Waals surface area contributed by atoms with Crippen LogP contribution in [0, 0.1) is 0 Å². The molecular weight excluding hydrogens is 450 g/mol. The summed E-state index contributed by atoms with van der Waals surface area (Å²) in [6, 6.07) is 14.8. The zero-order chi connectivity index (χ0) is 24.6. The van der Waals surface area contributed by atoms with Crippen LogP contribution in [0.5, 0.6) is 0 Å². The van der Waals surface area contributed by atoms with Crippen LogP contribution in [0.2, 0.25) is 0 Å². The average molecular weight is 486 g/mol. The van der Waals surface area contributed by atoms with Gasteiger partial charge >= 0.3 is 0 Å². The molecule has 1 atom stereocenters. The van der Waals surface area contributed by atoms with Gasteiger partial charge < -0.3 is 10.1 Å². The number of hydrogen-bond donors (Lipinski definition) is 1. The highest BCUT2D eigenvalue weighted by Crippen LogP contribution is 2.17. The predicted octanol–water partition coefficient (Wildman–Crippen LogP) is 3.27. The Bertz CT molecular complexity index is 1080. The first-order valence-corrected chi connectivity index (χ1v) is 13.2. The Morgan fingerprint density at radius 2 is 1.85 bits per heavy atom. The van der Waals surface area contributed by atoms with Gasteiger partial charge in [-0.1, -0.05) is 50.2 Å². The lowest BCUT2D eigenvalue weighted by Crippen LogP contribution is -2.40. The Kier molecular flexibility index (Phi) is 9.41. The third kappa shape index (κ3) is 7.24. The number of carbonyl (C=O) groups excluding carboxylic acids is 1. The Hall–Kier alpha value is -2.52. The van der Waals surface area contributed by atoms with Crippen LogP contribution in [-0.2, 0) is 32.6 Å². The minimum atomic E-state index is -3.48. The molecule has 1 heterocycles. The second-order valence-corrected chi connectivity index (χ2v) is 10.4. The molecule has 1 N–H and O–H groups in total. The van der Waals surface area contributed by atoms with Gasteiger partial charge in [0.05, 0.1) is 17.6 Å². The van der Waals surface area contributed by atoms with Crippen LogP contribution in [0.1, 0.15) is 37.5 Å². The van der Waals surface area contributed by atoms with Crippen LogP contribution < -0.4 is 5.32 Å². The third-order valence-corrected chi connectivity index (χ3v) is 7.90. The molecule has 1 fully saturated rings. The van der Waals surface area contributed by atoms with Gasteiger partial charge in [-0.3, -0.25) is 9.69 Å². The number of carbonyl (C=O) groups is 1. The standard InChI is InChI=1S/C26H35N3O4S/c1-4-29(5-2)34(31,32)25-12-9-22(10-13-25)11-14-26(30)27-18-23-7-6-8-24(17-23)20-28-15-16-33-21(3)19-28/h6-14,17,21H,4-5,15-16,18-20H2,1-3H3,(H,27,30)/b14-11+. The van der Waals surface area contributed by atoms with Crippen molar-refractivity contribution in [3.05, 3.63) is 71.3 Å². The predicted molar refractivity (Wildman–Crippen MR) is 135 cm³/mol. The molecule has 0 spiro atoms. The molecule has 2 aromatic carbocycles. The summed E-state index contributed by atoms with van der Waals surface area (Å²) in [4.78, 5) is 14.9. The number of morpholine rings is 1. The molecular formula is C26H35N3O4S. The molecule has 0 aliphatic carbocycles. The average Bonchev–Trinajstić information content (AvgIpc) is 2.82. The Morgan fingerprint density at radius 3 is 2.53 bits per heavy atom. The van der Waals surface area contributed by atoms with Gasteiger partial charge in [0.1, 0.15) is 0 Å². The lowest BCUT2D eigenvalue weighted by molar-refractivity contribution is -0.116. The first-order valence-electron chi connectivity index (χ1n) is 11.8. The molecule has 0 aromatic heterocycles. The lowest BCUT2D eigenvalue weighted by atomic mass is 10.1. The third-order valence-electron chi connectivity index (χ3n) is 5.84. The van der Waals surface area contributed by atoms with Gasteiger partial charge in [0.2, 0.25) is 15.9 Å². The summed E-state index contributed by atoms with van der Waals surface area (Å²) in [5.74, 6) is -0.202. The normalized spacial score (nSPS) is 17.4. The fraction of sp³-hybridized carbons (Fsp3) is 0.423. The molecule has 1 saturated heterocycles. The minimum Gasteiger partial charge on any atom is -0.376 e. The van der Waals surface area contributed by atoms with E-state index in [1.165, 1.54) is 15.9 Å². The molecule has 0 radical (unpaired) electrons. The monoisotopic (exact) mass is 485 g/mol. The smallest absolute Gasteiger partial charge is 0.244 e. The van der Waals surface area contributed by atoms with E-state index >= 15 is 0 Å². The summed E-state index contributed by atoms with van der Waals surface area (Å²) in [6.45, 7) is 10.5. The van der Waals surface area contributed by atoms with E-state index in [2.05, 4.69) is 29.3 Å². The second kappa shape index (κ2) is 12.3. The molecule has 8 heteroatoms. The molecule has 1 aliphatic heterocycles. The number of amides is 1. The first kappa shape index (κ1) is 26.1. The van der Waals surface area contributed by atoms with Crippen LogP contribution in [0.25, 0.3) is 6.08 Å². The number of sulfonamides is 1. The van der Waals surface area contributed by atoms with Gasteiger partial charge in [0, 0.05) is 45.3 Å². The van der Waals surface area contributed by atoms with Gasteiger partial charge in [0.25, 0.3) is 0 Å². The van der Waals surface area contributed by atoms with Gasteiger partial charge in [-0.15, -0.1) is 0 Å². The Labute approximate surface area is 203 Å². The molecule has 1 aliphatic rings. The fourth-order valence-electron chi connectivity index (χ4n) is 4.01. The fourth-order valence-corrected chi connectivity index (χ4v) is 5.47. The summed E-state index contributed by atoms with van der Waals surface area (Å²) in [7, 11) is -3.48. The Morgan fingerprint density at radius 1 is 1.15 bits per heavy atom. The summed E-state index contributed by atoms with van der Waals surface area (Å²) >= 11 is 0. The van der Waals surface area contributed by atoms with Crippen LogP contribution >= 0.6 is 0 Å². The van der Waals surface area contributed by atoms with Crippen molar-refractivity contribution >= 4 is 22.0 Å². The van der Waals surface area contributed by atoms with Crippen molar-refractivity contribution in [2.75, 3.05) is 32.8 Å². The van der Waals surface area contributed by atoms with Crippen LogP contribution in [0.3, 0.4) is 0 Å². The zero-order valence-electron chi connectivity index (χ0n) is 20.2. The number of nitrogens with zero attached hydrogens (tertiary/aromatic N) is 2. The van der Waals surface area contributed by atoms with Gasteiger partial charge in [-0.05, 0) is 41.8 Å². The topological polar surface area (TPSA) is 79.0 Å². The lowest BCUT2D eigenvalue weighted by Gasteiger charge is -2.31. The highest BCUT2D eigenvalue weighted by atomic mass is 32.2. The van der Waals surface area contributed by atoms with Gasteiger partial charge in [0.15, 0.2) is 0 Å². The largest absolute Gasteiger partial charge is 0.376 e. The summed E-state index contributed by atoms with van der Waals surface area (Å²) in [5.41, 5.74) is 3.03. The van der Waals surface area contributed by atoms with Gasteiger partial charge in [-0.2, -0.15) is 4.31 Å². The second-order valence-electron chi connectivity index (χ2n) is 8.45. The first-order chi connectivity index (χ1) is 16.3. The number of rotatable bonds is 10. The molecule has 0 bridgehead atoms. The van der Waals surface area contributed by atoms with Crippen molar-refractivity contribution in [1.82, 2.24) is 14.5 Å². The van der Waals surface area contributed by atoms with Crippen molar-refractivity contribution in [2.45, 2.75) is 44.9 Å². The minimum absolute atomic E-state index is 0.202. The van der Waals surface area contributed by atoms with E-state index in [0.29, 0.717) is 19.6 Å². The van der Waals surface area contributed by atoms with Crippen molar-refractivity contribution in [1.29, 1.82) is 0 Å². The van der Waals surface area contributed by atoms with Crippen molar-refractivity contribution in [2.24, 2.45) is 0 Å². The maximum atomic E-state index is 12.6. The summed E-state index contributed by atoms with van der Waals surface area (Å²) in [6.07, 6.45) is 3.40. The molecule has 2 aromatic rings. The summed E-state index contributed by atoms with van der Waals surface area (Å²) in [5, 5.41) is 2.91. The number of nitrogens with one attached hydrogen (secondary N) is 1. The number of benzene rings is 2. The molecule has 1 unspecified atom stereocenters. The SMILES string of the molecule is CCN(CC)S(=O)(=O)c1ccc(/C=C/C(=O)NCc2cccc(CN3CCOC(C)C3)c2)cc1. The maximum absolute atomic E-state index is 12.6. The van der Waals surface area contributed by atoms with E-state index in [4.69, 9.17) is 4.74 Å².